The number of hydrogen-bond donors (Lipinski definition) is 1. The average Bonchev–Trinajstić information content (AvgIpc) is 2.46. The smallest absolute Gasteiger partial charge is 0.303 e. The molecule has 0 aliphatic carbocycles. The predicted molar refractivity (Wildman–Crippen MR) is 79.5 cm³/mol. The molecule has 0 saturated carbocycles. The molecule has 1 aromatic rings. The summed E-state index contributed by atoms with van der Waals surface area (Å²) >= 11 is 0. The number of rotatable bonds is 5. The highest BCUT2D eigenvalue weighted by Crippen LogP contribution is 2.33. The Morgan fingerprint density at radius 2 is 2.24 bits per heavy atom. The Labute approximate surface area is 123 Å². The van der Waals surface area contributed by atoms with E-state index in [2.05, 4.69) is 0 Å². The number of nitro groups is 1. The third-order valence-electron chi connectivity index (χ3n) is 4.18. The lowest BCUT2D eigenvalue weighted by molar-refractivity contribution is -0.384. The molecule has 6 heteroatoms. The van der Waals surface area contributed by atoms with Crippen molar-refractivity contribution in [2.45, 2.75) is 26.2 Å². The summed E-state index contributed by atoms with van der Waals surface area (Å²) in [6.07, 6.45) is 2.06. The van der Waals surface area contributed by atoms with E-state index in [1.54, 1.807) is 18.2 Å². The highest BCUT2D eigenvalue weighted by molar-refractivity contribution is 5.67. The minimum Gasteiger partial charge on any atom is -0.481 e. The summed E-state index contributed by atoms with van der Waals surface area (Å²) in [5, 5.41) is 20.0. The second-order valence-corrected chi connectivity index (χ2v) is 5.67. The number of para-hydroxylation sites is 2. The zero-order valence-electron chi connectivity index (χ0n) is 12.1. The van der Waals surface area contributed by atoms with Crippen LogP contribution in [-0.4, -0.2) is 29.1 Å². The molecule has 1 N–H and O–H groups in total. The molecule has 0 amide bonds. The van der Waals surface area contributed by atoms with Crippen LogP contribution in [0.15, 0.2) is 24.3 Å². The summed E-state index contributed by atoms with van der Waals surface area (Å²) < 4.78 is 0. The highest BCUT2D eigenvalue weighted by Gasteiger charge is 2.28. The molecule has 1 aliphatic heterocycles. The molecule has 21 heavy (non-hydrogen) atoms. The molecular weight excluding hydrogens is 272 g/mol. The molecule has 1 heterocycles. The van der Waals surface area contributed by atoms with Gasteiger partial charge in [0.1, 0.15) is 5.69 Å². The van der Waals surface area contributed by atoms with Crippen LogP contribution in [-0.2, 0) is 4.79 Å². The van der Waals surface area contributed by atoms with E-state index in [4.69, 9.17) is 5.11 Å². The lowest BCUT2D eigenvalue weighted by Crippen LogP contribution is -2.38. The maximum atomic E-state index is 11.1. The Morgan fingerprint density at radius 3 is 2.90 bits per heavy atom. The average molecular weight is 292 g/mol. The van der Waals surface area contributed by atoms with Crippen LogP contribution in [0.3, 0.4) is 0 Å². The summed E-state index contributed by atoms with van der Waals surface area (Å²) in [5.74, 6) is -0.451. The second-order valence-electron chi connectivity index (χ2n) is 5.67. The maximum Gasteiger partial charge on any atom is 0.303 e. The molecule has 0 aromatic heterocycles. The van der Waals surface area contributed by atoms with Gasteiger partial charge in [-0.05, 0) is 30.7 Å². The fraction of sp³-hybridized carbons (Fsp3) is 0.533. The van der Waals surface area contributed by atoms with Crippen molar-refractivity contribution < 1.29 is 14.8 Å². The van der Waals surface area contributed by atoms with Gasteiger partial charge in [0.25, 0.3) is 5.69 Å². The highest BCUT2D eigenvalue weighted by atomic mass is 16.6. The quantitative estimate of drug-likeness (QED) is 0.666. The number of carbonyl (C=O) groups is 1. The topological polar surface area (TPSA) is 83.7 Å². The van der Waals surface area contributed by atoms with Crippen LogP contribution in [0, 0.1) is 22.0 Å². The second kappa shape index (κ2) is 6.56. The third-order valence-corrected chi connectivity index (χ3v) is 4.18. The van der Waals surface area contributed by atoms with Gasteiger partial charge < -0.3 is 10.0 Å². The summed E-state index contributed by atoms with van der Waals surface area (Å²) in [6.45, 7) is 3.40. The van der Waals surface area contributed by atoms with E-state index in [-0.39, 0.29) is 28.9 Å². The number of piperidine rings is 1. The fourth-order valence-corrected chi connectivity index (χ4v) is 3.02. The van der Waals surface area contributed by atoms with Gasteiger partial charge >= 0.3 is 5.97 Å². The van der Waals surface area contributed by atoms with Crippen molar-refractivity contribution in [1.82, 2.24) is 0 Å². The molecule has 2 unspecified atom stereocenters. The predicted octanol–water partition coefficient (Wildman–Crippen LogP) is 2.92. The van der Waals surface area contributed by atoms with Gasteiger partial charge in [0.05, 0.1) is 4.92 Å². The Kier molecular flexibility index (Phi) is 4.77. The van der Waals surface area contributed by atoms with Crippen LogP contribution in [0.1, 0.15) is 26.2 Å². The SMILES string of the molecule is CC(CC(=O)O)C1CCCN(c2ccccc2[N+](=O)[O-])C1. The standard InChI is InChI=1S/C15H20N2O4/c1-11(9-15(18)19)12-5-4-8-16(10-12)13-6-2-3-7-14(13)17(20)21/h2-3,6-7,11-12H,4-5,8-10H2,1H3,(H,18,19). The largest absolute Gasteiger partial charge is 0.481 e. The molecule has 1 aromatic carbocycles. The summed E-state index contributed by atoms with van der Waals surface area (Å²) in [5.41, 5.74) is 0.749. The van der Waals surface area contributed by atoms with Crippen LogP contribution in [0.25, 0.3) is 0 Å². The molecule has 114 valence electrons. The van der Waals surface area contributed by atoms with E-state index in [0.717, 1.165) is 19.4 Å². The van der Waals surface area contributed by atoms with Gasteiger partial charge in [0, 0.05) is 25.6 Å². The number of aliphatic carboxylic acids is 1. The summed E-state index contributed by atoms with van der Waals surface area (Å²) in [6, 6.07) is 6.74. The number of nitrogens with zero attached hydrogens (tertiary/aromatic N) is 2. The first-order chi connectivity index (χ1) is 9.99. The van der Waals surface area contributed by atoms with Crippen molar-refractivity contribution in [3.63, 3.8) is 0 Å². The first kappa shape index (κ1) is 15.3. The fourth-order valence-electron chi connectivity index (χ4n) is 3.02. The normalized spacial score (nSPS) is 20.0. The third kappa shape index (κ3) is 3.71. The molecule has 0 bridgehead atoms. The monoisotopic (exact) mass is 292 g/mol. The van der Waals surface area contributed by atoms with Gasteiger partial charge in [0.15, 0.2) is 0 Å². The molecule has 6 nitrogen and oxygen atoms in total. The van der Waals surface area contributed by atoms with Crippen LogP contribution >= 0.6 is 0 Å². The number of hydrogen-bond acceptors (Lipinski definition) is 4. The van der Waals surface area contributed by atoms with Gasteiger partial charge in [-0.1, -0.05) is 19.1 Å². The van der Waals surface area contributed by atoms with Crippen molar-refractivity contribution in [3.05, 3.63) is 34.4 Å². The van der Waals surface area contributed by atoms with Crippen molar-refractivity contribution in [1.29, 1.82) is 0 Å². The van der Waals surface area contributed by atoms with E-state index >= 15 is 0 Å². The molecule has 2 rings (SSSR count). The van der Waals surface area contributed by atoms with Crippen LogP contribution in [0.4, 0.5) is 11.4 Å². The molecule has 1 fully saturated rings. The molecule has 1 aliphatic rings. The zero-order valence-corrected chi connectivity index (χ0v) is 12.1. The summed E-state index contributed by atoms with van der Waals surface area (Å²) in [7, 11) is 0. The van der Waals surface area contributed by atoms with Gasteiger partial charge in [-0.15, -0.1) is 0 Å². The lowest BCUT2D eigenvalue weighted by Gasteiger charge is -2.36. The Morgan fingerprint density at radius 1 is 1.52 bits per heavy atom. The van der Waals surface area contributed by atoms with E-state index in [1.807, 2.05) is 11.8 Å². The Bertz CT molecular complexity index is 532. The van der Waals surface area contributed by atoms with Crippen molar-refractivity contribution in [3.8, 4) is 0 Å². The van der Waals surface area contributed by atoms with Gasteiger partial charge in [-0.2, -0.15) is 0 Å². The van der Waals surface area contributed by atoms with E-state index in [0.29, 0.717) is 12.2 Å². The van der Waals surface area contributed by atoms with E-state index in [9.17, 15) is 14.9 Å². The Hall–Kier alpha value is -2.11. The zero-order chi connectivity index (χ0) is 15.4. The van der Waals surface area contributed by atoms with Crippen LogP contribution < -0.4 is 4.90 Å². The number of benzene rings is 1. The number of nitro benzene ring substituents is 1. The molecule has 0 spiro atoms. The molecular formula is C15H20N2O4. The summed E-state index contributed by atoms with van der Waals surface area (Å²) in [4.78, 5) is 23.6. The molecule has 0 radical (unpaired) electrons. The minimum absolute atomic E-state index is 0.0769. The number of carboxylic acid groups (broad SMARTS) is 1. The first-order valence-electron chi connectivity index (χ1n) is 7.19. The van der Waals surface area contributed by atoms with Gasteiger partial charge in [-0.25, -0.2) is 0 Å². The van der Waals surface area contributed by atoms with Crippen LogP contribution in [0.2, 0.25) is 0 Å². The Balaban J connectivity index is 2.14. The van der Waals surface area contributed by atoms with E-state index < -0.39 is 5.97 Å². The molecule has 1 saturated heterocycles. The van der Waals surface area contributed by atoms with Crippen LogP contribution in [0.5, 0.6) is 0 Å². The van der Waals surface area contributed by atoms with Crippen molar-refractivity contribution in [2.24, 2.45) is 11.8 Å². The van der Waals surface area contributed by atoms with Gasteiger partial charge in [-0.3, -0.25) is 14.9 Å². The maximum absolute atomic E-state index is 11.1. The van der Waals surface area contributed by atoms with Gasteiger partial charge in [0.2, 0.25) is 0 Å². The lowest BCUT2D eigenvalue weighted by atomic mass is 9.84. The number of carboxylic acids is 1. The first-order valence-corrected chi connectivity index (χ1v) is 7.19. The number of anilines is 1. The van der Waals surface area contributed by atoms with Crippen molar-refractivity contribution in [2.75, 3.05) is 18.0 Å². The minimum atomic E-state index is -0.787. The molecule has 2 atom stereocenters. The van der Waals surface area contributed by atoms with E-state index in [1.165, 1.54) is 6.07 Å². The van der Waals surface area contributed by atoms with Crippen molar-refractivity contribution >= 4 is 17.3 Å².